The van der Waals surface area contributed by atoms with E-state index in [1.807, 2.05) is 0 Å². The van der Waals surface area contributed by atoms with E-state index in [-0.39, 0.29) is 11.5 Å². The van der Waals surface area contributed by atoms with Crippen LogP contribution in [0.3, 0.4) is 0 Å². The first-order chi connectivity index (χ1) is 11.6. The molecule has 0 bridgehead atoms. The van der Waals surface area contributed by atoms with Crippen molar-refractivity contribution in [1.29, 1.82) is 0 Å². The lowest BCUT2D eigenvalue weighted by Gasteiger charge is -2.09. The Morgan fingerprint density at radius 1 is 1.00 bits per heavy atom. The molecule has 0 saturated heterocycles. The molecule has 2 aromatic carbocycles. The summed E-state index contributed by atoms with van der Waals surface area (Å²) in [5.74, 6) is 1.13. The van der Waals surface area contributed by atoms with Gasteiger partial charge in [0.05, 0.1) is 13.2 Å². The van der Waals surface area contributed by atoms with Gasteiger partial charge in [0.25, 0.3) is 0 Å². The van der Waals surface area contributed by atoms with Gasteiger partial charge < -0.3 is 29.7 Å². The van der Waals surface area contributed by atoms with Gasteiger partial charge >= 0.3 is 6.09 Å². The van der Waals surface area contributed by atoms with Crippen molar-refractivity contribution in [3.8, 4) is 28.7 Å². The number of carbonyl (C=O) groups excluding carboxylic acids is 1. The molecule has 7 heteroatoms. The smallest absolute Gasteiger partial charge is 0.407 e. The highest BCUT2D eigenvalue weighted by Crippen LogP contribution is 2.31. The molecule has 0 aliphatic rings. The van der Waals surface area contributed by atoms with Crippen molar-refractivity contribution in [2.24, 2.45) is 0 Å². The molecule has 24 heavy (non-hydrogen) atoms. The Balaban J connectivity index is 1.80. The fourth-order valence-electron chi connectivity index (χ4n) is 1.81. The van der Waals surface area contributed by atoms with Gasteiger partial charge in [-0.15, -0.1) is 0 Å². The third-order valence-corrected chi connectivity index (χ3v) is 2.92. The average molecular weight is 333 g/mol. The molecule has 3 N–H and O–H groups in total. The number of aromatic hydroxyl groups is 2. The van der Waals surface area contributed by atoms with Crippen LogP contribution in [-0.2, 0) is 4.74 Å². The van der Waals surface area contributed by atoms with E-state index in [0.717, 1.165) is 0 Å². The lowest BCUT2D eigenvalue weighted by atomic mass is 10.3. The van der Waals surface area contributed by atoms with Gasteiger partial charge in [0.2, 0.25) is 0 Å². The number of phenols is 2. The van der Waals surface area contributed by atoms with Crippen molar-refractivity contribution in [2.75, 3.05) is 19.8 Å². The summed E-state index contributed by atoms with van der Waals surface area (Å²) in [5.41, 5.74) is 0. The van der Waals surface area contributed by atoms with Crippen LogP contribution in [0, 0.1) is 0 Å². The molecular weight excluding hydrogens is 314 g/mol. The zero-order valence-corrected chi connectivity index (χ0v) is 13.2. The van der Waals surface area contributed by atoms with Crippen LogP contribution in [0.5, 0.6) is 28.7 Å². The molecule has 0 heterocycles. The van der Waals surface area contributed by atoms with E-state index in [4.69, 9.17) is 14.2 Å². The number of nitrogens with one attached hydrogen (secondary N) is 1. The number of phenolic OH excluding ortho intramolecular Hbond substituents is 2. The largest absolute Gasteiger partial charge is 0.504 e. The summed E-state index contributed by atoms with van der Waals surface area (Å²) >= 11 is 0. The monoisotopic (exact) mass is 333 g/mol. The molecule has 0 fully saturated rings. The molecule has 0 spiro atoms. The van der Waals surface area contributed by atoms with Gasteiger partial charge in [-0.25, -0.2) is 4.79 Å². The lowest BCUT2D eigenvalue weighted by molar-refractivity contribution is 0.150. The highest BCUT2D eigenvalue weighted by Gasteiger charge is 2.04. The zero-order valence-electron chi connectivity index (χ0n) is 13.2. The fourth-order valence-corrected chi connectivity index (χ4v) is 1.81. The van der Waals surface area contributed by atoms with Crippen LogP contribution in [0.4, 0.5) is 4.79 Å². The molecule has 0 saturated carbocycles. The van der Waals surface area contributed by atoms with Crippen molar-refractivity contribution < 1.29 is 29.2 Å². The fraction of sp³-hybridized carbons (Fsp3) is 0.235. The van der Waals surface area contributed by atoms with E-state index in [9.17, 15) is 15.0 Å². The van der Waals surface area contributed by atoms with Gasteiger partial charge in [0, 0.05) is 6.07 Å². The lowest BCUT2D eigenvalue weighted by Crippen LogP contribution is -2.28. The zero-order chi connectivity index (χ0) is 17.4. The quantitative estimate of drug-likeness (QED) is 0.532. The Morgan fingerprint density at radius 2 is 1.67 bits per heavy atom. The summed E-state index contributed by atoms with van der Waals surface area (Å²) in [4.78, 5) is 11.1. The van der Waals surface area contributed by atoms with Gasteiger partial charge in [0.15, 0.2) is 11.5 Å². The van der Waals surface area contributed by atoms with Crippen molar-refractivity contribution in [3.05, 3.63) is 42.5 Å². The Morgan fingerprint density at radius 3 is 2.33 bits per heavy atom. The maximum absolute atomic E-state index is 11.1. The molecule has 0 radical (unpaired) electrons. The highest BCUT2D eigenvalue weighted by molar-refractivity contribution is 5.66. The molecule has 128 valence electrons. The van der Waals surface area contributed by atoms with Crippen LogP contribution >= 0.6 is 0 Å². The van der Waals surface area contributed by atoms with Crippen LogP contribution in [0.1, 0.15) is 6.92 Å². The van der Waals surface area contributed by atoms with Gasteiger partial charge in [-0.2, -0.15) is 0 Å². The van der Waals surface area contributed by atoms with Crippen molar-refractivity contribution >= 4 is 6.09 Å². The minimum Gasteiger partial charge on any atom is -0.504 e. The normalized spacial score (nSPS) is 10.0. The molecule has 0 aromatic heterocycles. The predicted octanol–water partition coefficient (Wildman–Crippen LogP) is 3.02. The molecular formula is C17H19NO6. The summed E-state index contributed by atoms with van der Waals surface area (Å²) in [6, 6.07) is 11.1. The van der Waals surface area contributed by atoms with E-state index >= 15 is 0 Å². The average Bonchev–Trinajstić information content (AvgIpc) is 2.57. The van der Waals surface area contributed by atoms with E-state index < -0.39 is 6.09 Å². The van der Waals surface area contributed by atoms with Gasteiger partial charge in [-0.3, -0.25) is 0 Å². The molecule has 0 aliphatic carbocycles. The van der Waals surface area contributed by atoms with Crippen molar-refractivity contribution in [2.45, 2.75) is 6.92 Å². The van der Waals surface area contributed by atoms with E-state index in [1.54, 1.807) is 37.3 Å². The molecule has 0 unspecified atom stereocenters. The first-order valence-electron chi connectivity index (χ1n) is 7.42. The summed E-state index contributed by atoms with van der Waals surface area (Å²) in [7, 11) is 0. The van der Waals surface area contributed by atoms with Crippen molar-refractivity contribution in [1.82, 2.24) is 5.32 Å². The number of amides is 1. The van der Waals surface area contributed by atoms with Crippen LogP contribution in [-0.4, -0.2) is 36.1 Å². The minimum atomic E-state index is -0.470. The van der Waals surface area contributed by atoms with Gasteiger partial charge in [0.1, 0.15) is 23.9 Å². The molecule has 0 atom stereocenters. The second kappa shape index (κ2) is 8.52. The predicted molar refractivity (Wildman–Crippen MR) is 86.8 cm³/mol. The second-order valence-corrected chi connectivity index (χ2v) is 4.72. The first-order valence-corrected chi connectivity index (χ1v) is 7.42. The van der Waals surface area contributed by atoms with Gasteiger partial charge in [-0.05, 0) is 43.3 Å². The molecule has 0 aliphatic heterocycles. The maximum atomic E-state index is 11.1. The highest BCUT2D eigenvalue weighted by atomic mass is 16.5. The second-order valence-electron chi connectivity index (χ2n) is 4.72. The summed E-state index contributed by atoms with van der Waals surface area (Å²) in [6.45, 7) is 2.71. The number of alkyl carbamates (subject to hydrolysis) is 1. The number of ether oxygens (including phenoxy) is 3. The Kier molecular flexibility index (Phi) is 6.13. The molecule has 1 amide bonds. The van der Waals surface area contributed by atoms with Crippen molar-refractivity contribution in [3.63, 3.8) is 0 Å². The molecule has 7 nitrogen and oxygen atoms in total. The Bertz CT molecular complexity index is 671. The third-order valence-electron chi connectivity index (χ3n) is 2.92. The standard InChI is InChI=1S/C17H19NO6/c1-2-22-17(21)18-9-10-23-12-3-5-13(6-4-12)24-14-7-8-15(19)16(20)11-14/h3-8,11,19-20H,2,9-10H2,1H3,(H,18,21). The van der Waals surface area contributed by atoms with E-state index in [0.29, 0.717) is 37.0 Å². The van der Waals surface area contributed by atoms with E-state index in [1.165, 1.54) is 12.1 Å². The number of benzene rings is 2. The number of hydrogen-bond donors (Lipinski definition) is 3. The summed E-state index contributed by atoms with van der Waals surface area (Å²) in [6.07, 6.45) is -0.470. The van der Waals surface area contributed by atoms with Crippen LogP contribution < -0.4 is 14.8 Å². The van der Waals surface area contributed by atoms with E-state index in [2.05, 4.69) is 5.32 Å². The van der Waals surface area contributed by atoms with Crippen LogP contribution in [0.15, 0.2) is 42.5 Å². The first kappa shape index (κ1) is 17.3. The number of rotatable bonds is 7. The minimum absolute atomic E-state index is 0.206. The molecule has 2 rings (SSSR count). The Labute approximate surface area is 139 Å². The SMILES string of the molecule is CCOC(=O)NCCOc1ccc(Oc2ccc(O)c(O)c2)cc1. The molecule has 2 aromatic rings. The Hall–Kier alpha value is -3.09. The topological polar surface area (TPSA) is 97.3 Å². The summed E-state index contributed by atoms with van der Waals surface area (Å²) in [5, 5.41) is 21.2. The number of carbonyl (C=O) groups is 1. The van der Waals surface area contributed by atoms with Crippen LogP contribution in [0.2, 0.25) is 0 Å². The number of hydrogen-bond acceptors (Lipinski definition) is 6. The third kappa shape index (κ3) is 5.28. The maximum Gasteiger partial charge on any atom is 0.407 e. The summed E-state index contributed by atoms with van der Waals surface area (Å²) < 4.78 is 15.8. The van der Waals surface area contributed by atoms with Gasteiger partial charge in [-0.1, -0.05) is 0 Å². The van der Waals surface area contributed by atoms with Crippen LogP contribution in [0.25, 0.3) is 0 Å².